The summed E-state index contributed by atoms with van der Waals surface area (Å²) < 4.78 is 17.0. The number of aromatic nitrogens is 2. The van der Waals surface area contributed by atoms with Crippen LogP contribution in [0.15, 0.2) is 42.0 Å². The summed E-state index contributed by atoms with van der Waals surface area (Å²) in [4.78, 5) is 12.5. The van der Waals surface area contributed by atoms with Crippen LogP contribution >= 0.6 is 22.9 Å². The van der Waals surface area contributed by atoms with Crippen molar-refractivity contribution < 1.29 is 19.0 Å². The van der Waals surface area contributed by atoms with Crippen LogP contribution in [-0.4, -0.2) is 36.4 Å². The van der Waals surface area contributed by atoms with Crippen molar-refractivity contribution in [2.45, 2.75) is 39.5 Å². The SMILES string of the molecule is CCc1nnc(NC(=O)C(C#N)=Cc2cc(Cl)c(OCCOc3ccc(C(C)CC)cc3)c(OC)c2)s1. The fourth-order valence-corrected chi connectivity index (χ4v) is 4.27. The molecule has 0 aliphatic rings. The molecule has 0 saturated heterocycles. The van der Waals surface area contributed by atoms with Crippen molar-refractivity contribution in [3.8, 4) is 23.3 Å². The van der Waals surface area contributed by atoms with E-state index < -0.39 is 5.91 Å². The van der Waals surface area contributed by atoms with Crippen molar-refractivity contribution in [1.82, 2.24) is 10.2 Å². The number of nitriles is 1. The minimum atomic E-state index is -0.592. The average molecular weight is 541 g/mol. The monoisotopic (exact) mass is 540 g/mol. The lowest BCUT2D eigenvalue weighted by Crippen LogP contribution is -2.13. The lowest BCUT2D eigenvalue weighted by molar-refractivity contribution is -0.112. The fourth-order valence-electron chi connectivity index (χ4n) is 3.32. The fraction of sp³-hybridized carbons (Fsp3) is 0.333. The summed E-state index contributed by atoms with van der Waals surface area (Å²) in [5.74, 6) is 1.39. The van der Waals surface area contributed by atoms with E-state index in [1.165, 1.54) is 30.1 Å². The van der Waals surface area contributed by atoms with Crippen LogP contribution in [0.5, 0.6) is 17.2 Å². The van der Waals surface area contributed by atoms with Gasteiger partial charge in [0.1, 0.15) is 35.6 Å². The molecular formula is C27H29ClN4O4S. The Bertz CT molecular complexity index is 1280. The minimum absolute atomic E-state index is 0.118. The number of aryl methyl sites for hydroxylation is 1. The van der Waals surface area contributed by atoms with Gasteiger partial charge in [0.25, 0.3) is 5.91 Å². The van der Waals surface area contributed by atoms with Gasteiger partial charge in [0.2, 0.25) is 5.13 Å². The number of ether oxygens (including phenoxy) is 3. The number of nitrogens with one attached hydrogen (secondary N) is 1. The van der Waals surface area contributed by atoms with E-state index in [4.69, 9.17) is 25.8 Å². The van der Waals surface area contributed by atoms with Crippen LogP contribution in [0.3, 0.4) is 0 Å². The molecule has 194 valence electrons. The number of carbonyl (C=O) groups excluding carboxylic acids is 1. The van der Waals surface area contributed by atoms with Gasteiger partial charge in [-0.25, -0.2) is 0 Å². The van der Waals surface area contributed by atoms with Crippen molar-refractivity contribution in [1.29, 1.82) is 5.26 Å². The van der Waals surface area contributed by atoms with Gasteiger partial charge in [-0.3, -0.25) is 10.1 Å². The quantitative estimate of drug-likeness (QED) is 0.164. The van der Waals surface area contributed by atoms with Gasteiger partial charge in [0.15, 0.2) is 11.5 Å². The second-order valence-electron chi connectivity index (χ2n) is 8.09. The summed E-state index contributed by atoms with van der Waals surface area (Å²) in [7, 11) is 1.49. The molecule has 0 aliphatic carbocycles. The highest BCUT2D eigenvalue weighted by atomic mass is 35.5. The molecule has 10 heteroatoms. The zero-order chi connectivity index (χ0) is 26.8. The molecule has 3 aromatic rings. The summed E-state index contributed by atoms with van der Waals surface area (Å²) in [6, 6.07) is 13.2. The second-order valence-corrected chi connectivity index (χ2v) is 9.56. The first-order valence-corrected chi connectivity index (χ1v) is 13.1. The highest BCUT2D eigenvalue weighted by Crippen LogP contribution is 2.37. The summed E-state index contributed by atoms with van der Waals surface area (Å²) in [6.07, 6.45) is 3.21. The number of rotatable bonds is 12. The van der Waals surface area contributed by atoms with Crippen molar-refractivity contribution >= 4 is 40.1 Å². The molecule has 0 fully saturated rings. The third-order valence-corrected chi connectivity index (χ3v) is 6.84. The van der Waals surface area contributed by atoms with Gasteiger partial charge in [-0.1, -0.05) is 55.8 Å². The maximum Gasteiger partial charge on any atom is 0.268 e. The molecule has 0 spiro atoms. The zero-order valence-corrected chi connectivity index (χ0v) is 22.8. The molecule has 0 radical (unpaired) electrons. The topological polar surface area (TPSA) is 106 Å². The first kappa shape index (κ1) is 28.0. The molecule has 2 aromatic carbocycles. The number of hydrogen-bond acceptors (Lipinski definition) is 8. The smallest absolute Gasteiger partial charge is 0.268 e. The van der Waals surface area contributed by atoms with E-state index in [1.54, 1.807) is 12.1 Å². The number of methoxy groups -OCH3 is 1. The largest absolute Gasteiger partial charge is 0.493 e. The maximum atomic E-state index is 12.5. The Labute approximate surface area is 225 Å². The number of carbonyl (C=O) groups is 1. The Kier molecular flexibility index (Phi) is 10.3. The van der Waals surface area contributed by atoms with Crippen LogP contribution < -0.4 is 19.5 Å². The lowest BCUT2D eigenvalue weighted by atomic mass is 9.99. The third-order valence-electron chi connectivity index (χ3n) is 5.58. The van der Waals surface area contributed by atoms with Gasteiger partial charge in [-0.2, -0.15) is 5.26 Å². The molecule has 3 rings (SSSR count). The summed E-state index contributed by atoms with van der Waals surface area (Å²) in [5.41, 5.74) is 1.66. The second kappa shape index (κ2) is 13.6. The Morgan fingerprint density at radius 1 is 1.19 bits per heavy atom. The van der Waals surface area contributed by atoms with Crippen molar-refractivity contribution in [2.24, 2.45) is 0 Å². The van der Waals surface area contributed by atoms with Gasteiger partial charge in [-0.15, -0.1) is 10.2 Å². The van der Waals surface area contributed by atoms with E-state index in [-0.39, 0.29) is 17.2 Å². The van der Waals surface area contributed by atoms with Gasteiger partial charge in [0.05, 0.1) is 12.1 Å². The Hall–Kier alpha value is -3.61. The number of hydrogen-bond donors (Lipinski definition) is 1. The van der Waals surface area contributed by atoms with E-state index in [0.717, 1.165) is 17.2 Å². The van der Waals surface area contributed by atoms with E-state index in [1.807, 2.05) is 25.1 Å². The van der Waals surface area contributed by atoms with Crippen LogP contribution in [-0.2, 0) is 11.2 Å². The van der Waals surface area contributed by atoms with Gasteiger partial charge in [-0.05, 0) is 60.2 Å². The molecular weight excluding hydrogens is 512 g/mol. The molecule has 37 heavy (non-hydrogen) atoms. The highest BCUT2D eigenvalue weighted by molar-refractivity contribution is 7.15. The van der Waals surface area contributed by atoms with Crippen molar-refractivity contribution in [3.63, 3.8) is 0 Å². The van der Waals surface area contributed by atoms with Gasteiger partial charge in [0, 0.05) is 0 Å². The Morgan fingerprint density at radius 2 is 1.92 bits per heavy atom. The lowest BCUT2D eigenvalue weighted by Gasteiger charge is -2.14. The molecule has 0 aliphatic heterocycles. The van der Waals surface area contributed by atoms with E-state index >= 15 is 0 Å². The molecule has 1 aromatic heterocycles. The average Bonchev–Trinajstić information content (AvgIpc) is 3.37. The van der Waals surface area contributed by atoms with E-state index in [9.17, 15) is 10.1 Å². The van der Waals surface area contributed by atoms with Crippen LogP contribution in [0, 0.1) is 11.3 Å². The van der Waals surface area contributed by atoms with Crippen LogP contribution in [0.2, 0.25) is 5.02 Å². The number of amides is 1. The molecule has 1 atom stereocenters. The number of anilines is 1. The van der Waals surface area contributed by atoms with Crippen LogP contribution in [0.4, 0.5) is 5.13 Å². The molecule has 1 amide bonds. The number of nitrogens with zero attached hydrogens (tertiary/aromatic N) is 3. The van der Waals surface area contributed by atoms with Crippen molar-refractivity contribution in [2.75, 3.05) is 25.6 Å². The maximum absolute atomic E-state index is 12.5. The Balaban J connectivity index is 1.63. The predicted molar refractivity (Wildman–Crippen MR) is 146 cm³/mol. The molecule has 1 heterocycles. The first-order chi connectivity index (χ1) is 17.9. The first-order valence-electron chi connectivity index (χ1n) is 11.9. The minimum Gasteiger partial charge on any atom is -0.493 e. The number of halogens is 1. The molecule has 1 N–H and O–H groups in total. The van der Waals surface area contributed by atoms with Gasteiger partial charge >= 0.3 is 0 Å². The van der Waals surface area contributed by atoms with Crippen molar-refractivity contribution in [3.05, 3.63) is 63.1 Å². The summed E-state index contributed by atoms with van der Waals surface area (Å²) in [5, 5.41) is 21.4. The van der Waals surface area contributed by atoms with E-state index in [2.05, 4.69) is 41.5 Å². The van der Waals surface area contributed by atoms with Gasteiger partial charge < -0.3 is 14.2 Å². The molecule has 0 bridgehead atoms. The van der Waals surface area contributed by atoms with E-state index in [0.29, 0.717) is 41.1 Å². The normalized spacial score (nSPS) is 11.9. The van der Waals surface area contributed by atoms with Crippen LogP contribution in [0.25, 0.3) is 6.08 Å². The zero-order valence-electron chi connectivity index (χ0n) is 21.2. The molecule has 0 saturated carbocycles. The summed E-state index contributed by atoms with van der Waals surface area (Å²) >= 11 is 7.71. The number of benzene rings is 2. The van der Waals surface area contributed by atoms with Crippen LogP contribution in [0.1, 0.15) is 49.2 Å². The summed E-state index contributed by atoms with van der Waals surface area (Å²) in [6.45, 7) is 6.86. The predicted octanol–water partition coefficient (Wildman–Crippen LogP) is 6.28. The standard InChI is InChI=1S/C27H29ClN4O4S/c1-5-17(3)19-7-9-21(10-8-19)35-11-12-36-25-22(28)14-18(15-23(25)34-4)13-20(16-29)26(33)30-27-32-31-24(6-2)37-27/h7-10,13-15,17H,5-6,11-12H2,1-4H3,(H,30,32,33). The molecule has 8 nitrogen and oxygen atoms in total. The third kappa shape index (κ3) is 7.68. The molecule has 1 unspecified atom stereocenters. The Morgan fingerprint density at radius 3 is 2.54 bits per heavy atom. The highest BCUT2D eigenvalue weighted by Gasteiger charge is 2.16.